The van der Waals surface area contributed by atoms with E-state index in [0.29, 0.717) is 23.8 Å². The monoisotopic (exact) mass is 312 g/mol. The van der Waals surface area contributed by atoms with Gasteiger partial charge in [0.2, 0.25) is 0 Å². The molecule has 0 bridgehead atoms. The molecule has 1 aliphatic carbocycles. The van der Waals surface area contributed by atoms with E-state index in [9.17, 15) is 4.79 Å². The summed E-state index contributed by atoms with van der Waals surface area (Å²) >= 11 is 6.23. The Morgan fingerprint density at radius 3 is 2.67 bits per heavy atom. The molecule has 1 saturated carbocycles. The van der Waals surface area contributed by atoms with Crippen LogP contribution in [0.25, 0.3) is 0 Å². The summed E-state index contributed by atoms with van der Waals surface area (Å²) < 4.78 is 1.73. The molecule has 0 spiro atoms. The predicted molar refractivity (Wildman–Crippen MR) is 84.7 cm³/mol. The third-order valence-corrected chi connectivity index (χ3v) is 4.73. The molecule has 1 fully saturated rings. The lowest BCUT2D eigenvalue weighted by molar-refractivity contribution is 0.0716. The summed E-state index contributed by atoms with van der Waals surface area (Å²) in [6.07, 6.45) is 6.59. The molecule has 0 unspecified atom stereocenters. The number of hydrogen-bond acceptors (Lipinski definition) is 4. The van der Waals surface area contributed by atoms with Crippen LogP contribution in [0.1, 0.15) is 42.6 Å². The molecule has 0 aromatic carbocycles. The lowest BCUT2D eigenvalue weighted by atomic mass is 9.70. The third kappa shape index (κ3) is 3.47. The van der Waals surface area contributed by atoms with Gasteiger partial charge in [-0.25, -0.2) is 0 Å². The minimum absolute atomic E-state index is 0.0750. The summed E-state index contributed by atoms with van der Waals surface area (Å²) in [6.45, 7) is 1.86. The highest BCUT2D eigenvalue weighted by Crippen LogP contribution is 2.39. The van der Waals surface area contributed by atoms with Gasteiger partial charge < -0.3 is 10.6 Å². The average Bonchev–Trinajstić information content (AvgIpc) is 2.86. The Kier molecular flexibility index (Phi) is 5.41. The maximum absolute atomic E-state index is 13.1. The smallest absolute Gasteiger partial charge is 0.189 e. The molecule has 1 aromatic heterocycles. The highest BCUT2D eigenvalue weighted by atomic mass is 35.5. The molecule has 1 aliphatic rings. The normalized spacial score (nSPS) is 18.1. The van der Waals surface area contributed by atoms with Crippen molar-refractivity contribution in [1.82, 2.24) is 14.7 Å². The van der Waals surface area contributed by atoms with Gasteiger partial charge in [-0.1, -0.05) is 30.9 Å². The molecule has 0 saturated heterocycles. The second kappa shape index (κ2) is 6.90. The second-order valence-corrected chi connectivity index (χ2v) is 6.65. The van der Waals surface area contributed by atoms with Gasteiger partial charge in [0.25, 0.3) is 0 Å². The number of Topliss-reactive ketones (excluding diaryl/α,β-unsaturated/α-hetero) is 1. The van der Waals surface area contributed by atoms with Gasteiger partial charge in [-0.15, -0.1) is 0 Å². The number of nitrogens with zero attached hydrogens (tertiary/aromatic N) is 3. The molecule has 2 rings (SSSR count). The molecule has 0 atom stereocenters. The van der Waals surface area contributed by atoms with E-state index in [1.165, 1.54) is 6.42 Å². The average molecular weight is 313 g/mol. The minimum Gasteiger partial charge on any atom is -0.329 e. The summed E-state index contributed by atoms with van der Waals surface area (Å²) in [5, 5.41) is 4.71. The van der Waals surface area contributed by atoms with Gasteiger partial charge in [0.05, 0.1) is 17.8 Å². The number of carbonyl (C=O) groups excluding carboxylic acids is 1. The van der Waals surface area contributed by atoms with Crippen LogP contribution in [0.2, 0.25) is 5.02 Å². The van der Waals surface area contributed by atoms with Gasteiger partial charge >= 0.3 is 0 Å². The number of likely N-dealkylation sites (N-methyl/N-ethyl adjacent to an activating group) is 1. The lowest BCUT2D eigenvalue weighted by Gasteiger charge is -2.34. The second-order valence-electron chi connectivity index (χ2n) is 6.24. The van der Waals surface area contributed by atoms with Crippen molar-refractivity contribution in [3.05, 3.63) is 16.9 Å². The number of ketones is 1. The van der Waals surface area contributed by atoms with E-state index >= 15 is 0 Å². The summed E-state index contributed by atoms with van der Waals surface area (Å²) in [6, 6.07) is 0. The molecule has 6 heteroatoms. The van der Waals surface area contributed by atoms with Crippen molar-refractivity contribution in [3.8, 4) is 0 Å². The number of rotatable bonds is 6. The van der Waals surface area contributed by atoms with E-state index < -0.39 is 5.41 Å². The molecule has 5 nitrogen and oxygen atoms in total. The fourth-order valence-corrected chi connectivity index (χ4v) is 3.28. The zero-order valence-corrected chi connectivity index (χ0v) is 13.7. The first kappa shape index (κ1) is 16.5. The number of aromatic nitrogens is 2. The zero-order chi connectivity index (χ0) is 15.5. The molecule has 0 radical (unpaired) electrons. The molecular formula is C15H25ClN4O. The molecule has 21 heavy (non-hydrogen) atoms. The van der Waals surface area contributed by atoms with Crippen molar-refractivity contribution < 1.29 is 4.79 Å². The summed E-state index contributed by atoms with van der Waals surface area (Å²) in [7, 11) is 3.99. The Hall–Kier alpha value is -0.910. The van der Waals surface area contributed by atoms with Crippen LogP contribution < -0.4 is 5.73 Å². The number of hydrogen-bond donors (Lipinski definition) is 1. The van der Waals surface area contributed by atoms with Gasteiger partial charge in [0, 0.05) is 18.5 Å². The first-order chi connectivity index (χ1) is 10.00. The highest BCUT2D eigenvalue weighted by Gasteiger charge is 2.41. The Labute approximate surface area is 131 Å². The van der Waals surface area contributed by atoms with E-state index in [-0.39, 0.29) is 5.78 Å². The van der Waals surface area contributed by atoms with Crippen molar-refractivity contribution in [2.75, 3.05) is 27.2 Å². The van der Waals surface area contributed by atoms with Crippen LogP contribution in [0, 0.1) is 5.41 Å². The summed E-state index contributed by atoms with van der Waals surface area (Å²) in [4.78, 5) is 15.1. The van der Waals surface area contributed by atoms with E-state index in [1.807, 2.05) is 14.1 Å². The summed E-state index contributed by atoms with van der Waals surface area (Å²) in [5.41, 5.74) is 6.05. The van der Waals surface area contributed by atoms with Crippen molar-refractivity contribution in [3.63, 3.8) is 0 Å². The molecule has 2 N–H and O–H groups in total. The predicted octanol–water partition coefficient (Wildman–Crippen LogP) is 2.19. The minimum atomic E-state index is -0.447. The van der Waals surface area contributed by atoms with Crippen molar-refractivity contribution in [1.29, 1.82) is 0 Å². The molecule has 0 amide bonds. The number of carbonyl (C=O) groups is 1. The van der Waals surface area contributed by atoms with Crippen LogP contribution in [0.15, 0.2) is 6.20 Å². The van der Waals surface area contributed by atoms with Gasteiger partial charge in [0.15, 0.2) is 5.78 Å². The standard InChI is InChI=1S/C15H25ClN4O/c1-19(2)8-9-20-13(12(16)10-18-20)14(21)15(11-17)6-4-3-5-7-15/h10H,3-9,11,17H2,1-2H3. The van der Waals surface area contributed by atoms with E-state index in [0.717, 1.165) is 32.2 Å². The Morgan fingerprint density at radius 1 is 1.43 bits per heavy atom. The summed E-state index contributed by atoms with van der Waals surface area (Å²) in [5.74, 6) is 0.0750. The molecule has 118 valence electrons. The quantitative estimate of drug-likeness (QED) is 0.818. The van der Waals surface area contributed by atoms with Crippen LogP contribution >= 0.6 is 11.6 Å². The van der Waals surface area contributed by atoms with Gasteiger partial charge in [-0.3, -0.25) is 9.48 Å². The van der Waals surface area contributed by atoms with E-state index in [1.54, 1.807) is 10.9 Å². The number of halogens is 1. The van der Waals surface area contributed by atoms with Gasteiger partial charge in [0.1, 0.15) is 5.69 Å². The largest absolute Gasteiger partial charge is 0.329 e. The topological polar surface area (TPSA) is 64.2 Å². The maximum Gasteiger partial charge on any atom is 0.189 e. The van der Waals surface area contributed by atoms with E-state index in [2.05, 4.69) is 10.00 Å². The van der Waals surface area contributed by atoms with Gasteiger partial charge in [-0.2, -0.15) is 5.10 Å². The Balaban J connectivity index is 2.27. The van der Waals surface area contributed by atoms with Crippen LogP contribution in [0.5, 0.6) is 0 Å². The lowest BCUT2D eigenvalue weighted by Crippen LogP contribution is -2.41. The molecule has 0 aliphatic heterocycles. The Bertz CT molecular complexity index is 492. The SMILES string of the molecule is CN(C)CCn1ncc(Cl)c1C(=O)C1(CN)CCCCC1. The Morgan fingerprint density at radius 2 is 2.10 bits per heavy atom. The van der Waals surface area contributed by atoms with Crippen LogP contribution in [0.3, 0.4) is 0 Å². The zero-order valence-electron chi connectivity index (χ0n) is 12.9. The maximum atomic E-state index is 13.1. The molecular weight excluding hydrogens is 288 g/mol. The van der Waals surface area contributed by atoms with Crippen LogP contribution in [-0.2, 0) is 6.54 Å². The van der Waals surface area contributed by atoms with Crippen molar-refractivity contribution in [2.45, 2.75) is 38.6 Å². The molecule has 1 aromatic rings. The van der Waals surface area contributed by atoms with E-state index in [4.69, 9.17) is 17.3 Å². The van der Waals surface area contributed by atoms with Crippen molar-refractivity contribution in [2.24, 2.45) is 11.1 Å². The first-order valence-corrected chi connectivity index (χ1v) is 7.99. The third-order valence-electron chi connectivity index (χ3n) is 4.45. The van der Waals surface area contributed by atoms with Crippen LogP contribution in [-0.4, -0.2) is 47.6 Å². The molecule has 1 heterocycles. The van der Waals surface area contributed by atoms with Crippen LogP contribution in [0.4, 0.5) is 0 Å². The van der Waals surface area contributed by atoms with Crippen molar-refractivity contribution >= 4 is 17.4 Å². The number of nitrogens with two attached hydrogens (primary N) is 1. The fraction of sp³-hybridized carbons (Fsp3) is 0.733. The fourth-order valence-electron chi connectivity index (χ4n) is 3.06. The first-order valence-electron chi connectivity index (χ1n) is 7.61. The highest BCUT2D eigenvalue weighted by molar-refractivity contribution is 6.33. The van der Waals surface area contributed by atoms with Gasteiger partial charge in [-0.05, 0) is 26.9 Å².